The van der Waals surface area contributed by atoms with Crippen molar-refractivity contribution in [1.29, 1.82) is 0 Å². The molecule has 0 saturated carbocycles. The largest absolute Gasteiger partial charge is 0.398 e. The summed E-state index contributed by atoms with van der Waals surface area (Å²) in [5.74, 6) is 0. The fourth-order valence-corrected chi connectivity index (χ4v) is 5.13. The summed E-state index contributed by atoms with van der Waals surface area (Å²) in [7, 11) is 0. The molecule has 5 rings (SSSR count). The maximum atomic E-state index is 6.39. The molecule has 4 heteroatoms. The molecule has 0 bridgehead atoms. The molecule has 1 heterocycles. The van der Waals surface area contributed by atoms with Gasteiger partial charge in [-0.1, -0.05) is 61.7 Å². The van der Waals surface area contributed by atoms with Crippen LogP contribution >= 0.6 is 0 Å². The molecular formula is C29H26N4. The highest BCUT2D eigenvalue weighted by molar-refractivity contribution is 5.84. The first-order valence-corrected chi connectivity index (χ1v) is 10.9. The summed E-state index contributed by atoms with van der Waals surface area (Å²) in [6.07, 6.45) is 7.12. The van der Waals surface area contributed by atoms with E-state index in [1.165, 1.54) is 0 Å². The highest BCUT2D eigenvalue weighted by Gasteiger charge is 2.48. The third-order valence-electron chi connectivity index (χ3n) is 6.78. The number of aryl methyl sites for hydroxylation is 2. The Morgan fingerprint density at radius 2 is 1.33 bits per heavy atom. The van der Waals surface area contributed by atoms with Crippen LogP contribution in [0.3, 0.4) is 0 Å². The first kappa shape index (κ1) is 20.7. The molecule has 1 aliphatic carbocycles. The number of fused-ring (bicyclic) bond motifs is 3. The number of aromatic nitrogens is 2. The minimum Gasteiger partial charge on any atom is -0.398 e. The number of anilines is 2. The average molecular weight is 431 g/mol. The van der Waals surface area contributed by atoms with Crippen LogP contribution in [0.2, 0.25) is 0 Å². The fourth-order valence-electron chi connectivity index (χ4n) is 5.13. The molecule has 4 N–H and O–H groups in total. The number of nitrogens with two attached hydrogens (primary N) is 2. The van der Waals surface area contributed by atoms with Crippen LogP contribution in [0.5, 0.6) is 0 Å². The van der Waals surface area contributed by atoms with Gasteiger partial charge in [-0.3, -0.25) is 9.97 Å². The third kappa shape index (κ3) is 2.77. The second-order valence-electron chi connectivity index (χ2n) is 8.55. The molecule has 33 heavy (non-hydrogen) atoms. The lowest BCUT2D eigenvalue weighted by Crippen LogP contribution is -2.30. The Morgan fingerprint density at radius 3 is 1.91 bits per heavy atom. The molecule has 0 unspecified atom stereocenters. The molecule has 0 atom stereocenters. The number of rotatable bonds is 4. The molecular weight excluding hydrogens is 404 g/mol. The Labute approximate surface area is 194 Å². The summed E-state index contributed by atoms with van der Waals surface area (Å²) in [5, 5.41) is 0. The lowest BCUT2D eigenvalue weighted by Gasteiger charge is -2.34. The Bertz CT molecular complexity index is 1340. The number of benzene rings is 3. The van der Waals surface area contributed by atoms with Crippen LogP contribution in [-0.4, -0.2) is 9.97 Å². The van der Waals surface area contributed by atoms with Gasteiger partial charge >= 0.3 is 0 Å². The van der Waals surface area contributed by atoms with E-state index in [1.54, 1.807) is 24.5 Å². The van der Waals surface area contributed by atoms with Crippen LogP contribution in [0.1, 0.15) is 44.6 Å². The summed E-state index contributed by atoms with van der Waals surface area (Å²) in [6, 6.07) is 16.9. The maximum absolute atomic E-state index is 6.39. The van der Waals surface area contributed by atoms with Crippen molar-refractivity contribution >= 4 is 23.5 Å². The molecule has 0 spiro atoms. The first-order valence-electron chi connectivity index (χ1n) is 10.9. The van der Waals surface area contributed by atoms with Crippen molar-refractivity contribution in [2.75, 3.05) is 11.5 Å². The minimum atomic E-state index is -0.688. The average Bonchev–Trinajstić information content (AvgIpc) is 3.14. The van der Waals surface area contributed by atoms with Crippen LogP contribution in [-0.2, 0) is 5.41 Å². The van der Waals surface area contributed by atoms with E-state index in [-0.39, 0.29) is 0 Å². The number of nitrogens with zero attached hydrogens (tertiary/aromatic N) is 2. The molecule has 1 aromatic heterocycles. The summed E-state index contributed by atoms with van der Waals surface area (Å²) in [6.45, 7) is 12.1. The van der Waals surface area contributed by atoms with Gasteiger partial charge in [0.25, 0.3) is 0 Å². The van der Waals surface area contributed by atoms with Gasteiger partial charge in [0.2, 0.25) is 0 Å². The van der Waals surface area contributed by atoms with E-state index in [0.29, 0.717) is 0 Å². The third-order valence-corrected chi connectivity index (χ3v) is 6.78. The summed E-state index contributed by atoms with van der Waals surface area (Å²) in [4.78, 5) is 9.68. The van der Waals surface area contributed by atoms with Gasteiger partial charge in [-0.2, -0.15) is 0 Å². The van der Waals surface area contributed by atoms with Gasteiger partial charge in [-0.25, -0.2) is 0 Å². The molecule has 0 fully saturated rings. The number of hydrogen-bond acceptors (Lipinski definition) is 4. The van der Waals surface area contributed by atoms with Crippen molar-refractivity contribution in [2.45, 2.75) is 19.3 Å². The van der Waals surface area contributed by atoms with E-state index in [0.717, 1.165) is 67.3 Å². The molecule has 0 radical (unpaired) electrons. The van der Waals surface area contributed by atoms with Crippen molar-refractivity contribution in [1.82, 2.24) is 9.97 Å². The Balaban J connectivity index is 2.01. The van der Waals surface area contributed by atoms with Crippen LogP contribution in [0.4, 0.5) is 11.4 Å². The van der Waals surface area contributed by atoms with E-state index in [4.69, 9.17) is 21.4 Å². The summed E-state index contributed by atoms with van der Waals surface area (Å²) < 4.78 is 0. The summed E-state index contributed by atoms with van der Waals surface area (Å²) >= 11 is 0. The van der Waals surface area contributed by atoms with E-state index in [9.17, 15) is 0 Å². The topological polar surface area (TPSA) is 77.8 Å². The van der Waals surface area contributed by atoms with E-state index < -0.39 is 5.41 Å². The lowest BCUT2D eigenvalue weighted by atomic mass is 9.68. The molecule has 0 amide bonds. The van der Waals surface area contributed by atoms with Gasteiger partial charge in [0.15, 0.2) is 0 Å². The van der Waals surface area contributed by atoms with Crippen LogP contribution in [0.15, 0.2) is 74.1 Å². The van der Waals surface area contributed by atoms with Gasteiger partial charge in [-0.05, 0) is 64.9 Å². The molecule has 162 valence electrons. The van der Waals surface area contributed by atoms with E-state index in [1.807, 2.05) is 19.9 Å². The SMILES string of the molecule is C=Cc1cc(C2(c3cc(C)c(N)c(C=C)c3)c3ccccc3-c3nccnc32)cc(C)c1N. The van der Waals surface area contributed by atoms with Crippen molar-refractivity contribution in [3.05, 3.63) is 119 Å². The van der Waals surface area contributed by atoms with Crippen LogP contribution in [0.25, 0.3) is 23.4 Å². The molecule has 0 aliphatic heterocycles. The standard InChI is InChI=1S/C29H26N4/c1-5-19-15-21(13-17(3)25(19)30)29(22-14-18(4)26(31)20(6-2)16-22)24-10-8-7-9-23(24)27-28(29)33-12-11-32-27/h5-16H,1-2,30-31H2,3-4H3. The quantitative estimate of drug-likeness (QED) is 0.348. The highest BCUT2D eigenvalue weighted by Crippen LogP contribution is 2.55. The van der Waals surface area contributed by atoms with Crippen molar-refractivity contribution in [3.63, 3.8) is 0 Å². The zero-order valence-electron chi connectivity index (χ0n) is 18.9. The second-order valence-corrected chi connectivity index (χ2v) is 8.55. The van der Waals surface area contributed by atoms with Crippen LogP contribution < -0.4 is 11.5 Å². The van der Waals surface area contributed by atoms with Gasteiger partial charge < -0.3 is 11.5 Å². The Kier molecular flexibility index (Phi) is 4.68. The predicted molar refractivity (Wildman–Crippen MR) is 138 cm³/mol. The minimum absolute atomic E-state index is 0.688. The zero-order chi connectivity index (χ0) is 23.3. The molecule has 1 aliphatic rings. The molecule has 0 saturated heterocycles. The van der Waals surface area contributed by atoms with E-state index >= 15 is 0 Å². The normalized spacial score (nSPS) is 13.3. The lowest BCUT2D eigenvalue weighted by molar-refractivity contribution is 0.733. The van der Waals surface area contributed by atoms with Crippen molar-refractivity contribution in [2.24, 2.45) is 0 Å². The Hall–Kier alpha value is -4.18. The molecule has 4 nitrogen and oxygen atoms in total. The molecule has 4 aromatic rings. The van der Waals surface area contributed by atoms with Gasteiger partial charge in [0, 0.05) is 29.3 Å². The maximum Gasteiger partial charge on any atom is 0.0937 e. The Morgan fingerprint density at radius 1 is 0.788 bits per heavy atom. The van der Waals surface area contributed by atoms with Crippen LogP contribution in [0, 0.1) is 13.8 Å². The summed E-state index contributed by atoms with van der Waals surface area (Å²) in [5.41, 5.74) is 23.5. The van der Waals surface area contributed by atoms with Gasteiger partial charge in [-0.15, -0.1) is 0 Å². The van der Waals surface area contributed by atoms with Crippen molar-refractivity contribution in [3.8, 4) is 11.3 Å². The molecule has 3 aromatic carbocycles. The van der Waals surface area contributed by atoms with Gasteiger partial charge in [0.1, 0.15) is 0 Å². The van der Waals surface area contributed by atoms with Crippen molar-refractivity contribution < 1.29 is 0 Å². The number of hydrogen-bond donors (Lipinski definition) is 2. The zero-order valence-corrected chi connectivity index (χ0v) is 18.9. The second kappa shape index (κ2) is 7.45. The monoisotopic (exact) mass is 430 g/mol. The van der Waals surface area contributed by atoms with Gasteiger partial charge in [0.05, 0.1) is 16.8 Å². The van der Waals surface area contributed by atoms with E-state index in [2.05, 4.69) is 55.6 Å². The number of nitrogen functional groups attached to an aromatic ring is 2. The fraction of sp³-hybridized carbons (Fsp3) is 0.103. The highest BCUT2D eigenvalue weighted by atomic mass is 14.8. The smallest absolute Gasteiger partial charge is 0.0937 e. The first-order chi connectivity index (χ1) is 15.9. The predicted octanol–water partition coefficient (Wildman–Crippen LogP) is 5.91.